The Morgan fingerprint density at radius 1 is 1.53 bits per heavy atom. The van der Waals surface area contributed by atoms with Crippen LogP contribution < -0.4 is 4.74 Å². The molecule has 0 radical (unpaired) electrons. The van der Waals surface area contributed by atoms with E-state index in [-0.39, 0.29) is 11.3 Å². The number of ether oxygens (including phenoxy) is 1. The van der Waals surface area contributed by atoms with Gasteiger partial charge in [-0.25, -0.2) is 4.39 Å². The van der Waals surface area contributed by atoms with Gasteiger partial charge in [0.1, 0.15) is 5.75 Å². The molecule has 0 saturated carbocycles. The molecule has 0 saturated heterocycles. The summed E-state index contributed by atoms with van der Waals surface area (Å²) >= 11 is 0. The highest BCUT2D eigenvalue weighted by atomic mass is 19.1. The smallest absolute Gasteiger partial charge is 0.310 e. The van der Waals surface area contributed by atoms with Crippen LogP contribution in [-0.2, 0) is 4.79 Å². The Morgan fingerprint density at radius 3 is 2.60 bits per heavy atom. The summed E-state index contributed by atoms with van der Waals surface area (Å²) in [5.41, 5.74) is -0.148. The molecule has 0 amide bonds. The van der Waals surface area contributed by atoms with Crippen molar-refractivity contribution < 1.29 is 24.1 Å². The zero-order chi connectivity index (χ0) is 11.6. The van der Waals surface area contributed by atoms with Gasteiger partial charge in [-0.1, -0.05) is 0 Å². The molecule has 82 valence electrons. The van der Waals surface area contributed by atoms with E-state index in [1.165, 1.54) is 20.1 Å². The van der Waals surface area contributed by atoms with Crippen LogP contribution in [0, 0.1) is 5.82 Å². The second-order valence-electron chi connectivity index (χ2n) is 3.07. The topological polar surface area (TPSA) is 66.8 Å². The van der Waals surface area contributed by atoms with Crippen molar-refractivity contribution in [1.82, 2.24) is 0 Å². The van der Waals surface area contributed by atoms with Gasteiger partial charge in [-0.3, -0.25) is 4.79 Å². The van der Waals surface area contributed by atoms with E-state index in [9.17, 15) is 9.18 Å². The number of hydrogen-bond acceptors (Lipinski definition) is 3. The lowest BCUT2D eigenvalue weighted by atomic mass is 9.99. The summed E-state index contributed by atoms with van der Waals surface area (Å²) in [4.78, 5) is 10.7. The molecule has 5 heteroatoms. The van der Waals surface area contributed by atoms with E-state index >= 15 is 0 Å². The van der Waals surface area contributed by atoms with Crippen LogP contribution in [0.3, 0.4) is 0 Å². The van der Waals surface area contributed by atoms with Gasteiger partial charge in [-0.2, -0.15) is 0 Å². The minimum absolute atomic E-state index is 0.111. The lowest BCUT2D eigenvalue weighted by Crippen LogP contribution is -2.11. The van der Waals surface area contributed by atoms with Crippen LogP contribution in [0.1, 0.15) is 18.4 Å². The second kappa shape index (κ2) is 4.16. The van der Waals surface area contributed by atoms with E-state index in [4.69, 9.17) is 14.9 Å². The molecule has 1 rings (SSSR count). The van der Waals surface area contributed by atoms with Gasteiger partial charge in [0.2, 0.25) is 0 Å². The molecule has 1 aromatic rings. The van der Waals surface area contributed by atoms with Crippen LogP contribution in [0.2, 0.25) is 0 Å². The maximum atomic E-state index is 13.5. The molecule has 0 heterocycles. The van der Waals surface area contributed by atoms with Gasteiger partial charge in [-0.15, -0.1) is 0 Å². The third-order valence-electron chi connectivity index (χ3n) is 2.14. The molecular weight excluding hydrogens is 203 g/mol. The lowest BCUT2D eigenvalue weighted by molar-refractivity contribution is -0.138. The maximum Gasteiger partial charge on any atom is 0.310 e. The molecule has 15 heavy (non-hydrogen) atoms. The van der Waals surface area contributed by atoms with E-state index in [1.54, 1.807) is 0 Å². The van der Waals surface area contributed by atoms with E-state index in [2.05, 4.69) is 0 Å². The Kier molecular flexibility index (Phi) is 3.14. The normalized spacial score (nSPS) is 12.2. The van der Waals surface area contributed by atoms with Gasteiger partial charge >= 0.3 is 5.97 Å². The molecule has 0 aromatic heterocycles. The molecular formula is C10H11FO4. The summed E-state index contributed by atoms with van der Waals surface area (Å²) in [7, 11) is 1.31. The van der Waals surface area contributed by atoms with Crippen molar-refractivity contribution in [2.24, 2.45) is 0 Å². The Bertz CT molecular complexity index is 389. The van der Waals surface area contributed by atoms with Crippen LogP contribution in [0.5, 0.6) is 11.5 Å². The number of aliphatic carboxylic acids is 1. The summed E-state index contributed by atoms with van der Waals surface area (Å²) in [6, 6.07) is 2.44. The van der Waals surface area contributed by atoms with Crippen molar-refractivity contribution in [2.75, 3.05) is 7.11 Å². The fraction of sp³-hybridized carbons (Fsp3) is 0.300. The van der Waals surface area contributed by atoms with Gasteiger partial charge in [0.05, 0.1) is 13.0 Å². The van der Waals surface area contributed by atoms with Gasteiger partial charge in [0.25, 0.3) is 0 Å². The summed E-state index contributed by atoms with van der Waals surface area (Å²) < 4.78 is 18.3. The zero-order valence-corrected chi connectivity index (χ0v) is 8.32. The number of phenols is 1. The average Bonchev–Trinajstić information content (AvgIpc) is 2.20. The zero-order valence-electron chi connectivity index (χ0n) is 8.32. The first kappa shape index (κ1) is 11.3. The number of carboxylic acid groups (broad SMARTS) is 1. The molecule has 1 unspecified atom stereocenters. The highest BCUT2D eigenvalue weighted by molar-refractivity contribution is 5.77. The molecule has 0 fully saturated rings. The molecule has 2 N–H and O–H groups in total. The molecule has 0 bridgehead atoms. The number of hydrogen-bond donors (Lipinski definition) is 2. The number of benzene rings is 1. The Labute approximate surface area is 85.9 Å². The van der Waals surface area contributed by atoms with Crippen molar-refractivity contribution >= 4 is 5.97 Å². The number of halogens is 1. The largest absolute Gasteiger partial charge is 0.505 e. The van der Waals surface area contributed by atoms with E-state index in [0.29, 0.717) is 0 Å². The highest BCUT2D eigenvalue weighted by Gasteiger charge is 2.24. The Balaban J connectivity index is 3.35. The lowest BCUT2D eigenvalue weighted by Gasteiger charge is -2.13. The van der Waals surface area contributed by atoms with Crippen molar-refractivity contribution in [3.05, 3.63) is 23.5 Å². The summed E-state index contributed by atoms with van der Waals surface area (Å²) in [5, 5.41) is 17.9. The van der Waals surface area contributed by atoms with Crippen molar-refractivity contribution in [1.29, 1.82) is 0 Å². The van der Waals surface area contributed by atoms with Crippen LogP contribution in [0.15, 0.2) is 12.1 Å². The first-order valence-corrected chi connectivity index (χ1v) is 4.27. The first-order chi connectivity index (χ1) is 6.99. The maximum absolute atomic E-state index is 13.5. The van der Waals surface area contributed by atoms with Crippen molar-refractivity contribution in [3.8, 4) is 11.5 Å². The van der Waals surface area contributed by atoms with Gasteiger partial charge in [0, 0.05) is 5.56 Å². The standard InChI is InChI=1S/C10H11FO4/c1-5(10(13)14)8-7(15-2)4-3-6(12)9(8)11/h3-5,12H,1-2H3,(H,13,14). The molecule has 0 spiro atoms. The van der Waals surface area contributed by atoms with E-state index in [0.717, 1.165) is 6.07 Å². The summed E-state index contributed by atoms with van der Waals surface area (Å²) in [6.45, 7) is 1.32. The summed E-state index contributed by atoms with van der Waals surface area (Å²) in [6.07, 6.45) is 0. The number of rotatable bonds is 3. The van der Waals surface area contributed by atoms with Crippen LogP contribution in [0.25, 0.3) is 0 Å². The van der Waals surface area contributed by atoms with Gasteiger partial charge in [-0.05, 0) is 19.1 Å². The fourth-order valence-electron chi connectivity index (χ4n) is 1.27. The van der Waals surface area contributed by atoms with Crippen molar-refractivity contribution in [3.63, 3.8) is 0 Å². The van der Waals surface area contributed by atoms with E-state index in [1.807, 2.05) is 0 Å². The minimum Gasteiger partial charge on any atom is -0.505 e. The van der Waals surface area contributed by atoms with E-state index < -0.39 is 23.5 Å². The predicted molar refractivity (Wildman–Crippen MR) is 50.7 cm³/mol. The minimum atomic E-state index is -1.18. The highest BCUT2D eigenvalue weighted by Crippen LogP contribution is 2.33. The number of carboxylic acids is 1. The molecule has 0 aliphatic rings. The molecule has 4 nitrogen and oxygen atoms in total. The third kappa shape index (κ3) is 2.01. The average molecular weight is 214 g/mol. The number of carbonyl (C=O) groups is 1. The fourth-order valence-corrected chi connectivity index (χ4v) is 1.27. The Hall–Kier alpha value is -1.78. The Morgan fingerprint density at radius 2 is 2.13 bits per heavy atom. The molecule has 0 aliphatic carbocycles. The third-order valence-corrected chi connectivity index (χ3v) is 2.14. The molecule has 1 atom stereocenters. The van der Waals surface area contributed by atoms with Crippen LogP contribution in [0.4, 0.5) is 4.39 Å². The molecule has 0 aliphatic heterocycles. The number of methoxy groups -OCH3 is 1. The number of phenolic OH excluding ortho intramolecular Hbond substituents is 1. The summed E-state index contributed by atoms with van der Waals surface area (Å²) in [5.74, 6) is -3.69. The SMILES string of the molecule is COc1ccc(O)c(F)c1C(C)C(=O)O. The van der Waals surface area contributed by atoms with Crippen LogP contribution >= 0.6 is 0 Å². The monoisotopic (exact) mass is 214 g/mol. The second-order valence-corrected chi connectivity index (χ2v) is 3.07. The van der Waals surface area contributed by atoms with Gasteiger partial charge < -0.3 is 14.9 Å². The quantitative estimate of drug-likeness (QED) is 0.804. The van der Waals surface area contributed by atoms with Crippen LogP contribution in [-0.4, -0.2) is 23.3 Å². The predicted octanol–water partition coefficient (Wildman–Crippen LogP) is 1.73. The first-order valence-electron chi connectivity index (χ1n) is 4.27. The number of aromatic hydroxyl groups is 1. The van der Waals surface area contributed by atoms with Crippen molar-refractivity contribution in [2.45, 2.75) is 12.8 Å². The van der Waals surface area contributed by atoms with Gasteiger partial charge in [0.15, 0.2) is 11.6 Å². The molecule has 1 aromatic carbocycles.